The van der Waals surface area contributed by atoms with Crippen molar-refractivity contribution in [2.75, 3.05) is 6.61 Å². The molecule has 0 heterocycles. The zero-order valence-electron chi connectivity index (χ0n) is 18.0. The van der Waals surface area contributed by atoms with Crippen LogP contribution in [0.5, 0.6) is 0 Å². The van der Waals surface area contributed by atoms with Crippen molar-refractivity contribution < 1.29 is 24.4 Å². The lowest BCUT2D eigenvalue weighted by atomic mass is 10.0. The van der Waals surface area contributed by atoms with Gasteiger partial charge >= 0.3 is 0 Å². The fourth-order valence-corrected chi connectivity index (χ4v) is 4.18. The number of aliphatic hydroxyl groups excluding tert-OH is 2. The predicted octanol–water partition coefficient (Wildman–Crippen LogP) is 3.73. The van der Waals surface area contributed by atoms with Gasteiger partial charge in [0.1, 0.15) is 12.2 Å². The van der Waals surface area contributed by atoms with Crippen LogP contribution in [0.25, 0.3) is 0 Å². The molecule has 1 saturated carbocycles. The quantitative estimate of drug-likeness (QED) is 0.509. The van der Waals surface area contributed by atoms with Crippen molar-refractivity contribution in [3.63, 3.8) is 0 Å². The van der Waals surface area contributed by atoms with E-state index in [-0.39, 0.29) is 6.61 Å². The third-order valence-electron chi connectivity index (χ3n) is 5.91. The molecule has 0 saturated heterocycles. The summed E-state index contributed by atoms with van der Waals surface area (Å²) >= 11 is 0. The molecule has 0 amide bonds. The van der Waals surface area contributed by atoms with Crippen LogP contribution in [0.4, 0.5) is 0 Å². The van der Waals surface area contributed by atoms with Crippen LogP contribution in [0, 0.1) is 5.92 Å². The minimum Gasteiger partial charge on any atom is -0.396 e. The van der Waals surface area contributed by atoms with Gasteiger partial charge in [0, 0.05) is 5.92 Å². The monoisotopic (exact) mass is 434 g/mol. The van der Waals surface area contributed by atoms with Gasteiger partial charge in [-0.1, -0.05) is 91.0 Å². The number of ether oxygens (including phenoxy) is 3. The first-order valence-electron chi connectivity index (χ1n) is 11.0. The second-order valence-electron chi connectivity index (χ2n) is 8.12. The van der Waals surface area contributed by atoms with Crippen LogP contribution in [0.2, 0.25) is 0 Å². The van der Waals surface area contributed by atoms with Crippen molar-refractivity contribution in [3.05, 3.63) is 108 Å². The highest BCUT2D eigenvalue weighted by Crippen LogP contribution is 2.35. The summed E-state index contributed by atoms with van der Waals surface area (Å²) in [7, 11) is 0. The van der Waals surface area contributed by atoms with Gasteiger partial charge in [0.25, 0.3) is 0 Å². The Morgan fingerprint density at radius 3 is 1.31 bits per heavy atom. The van der Waals surface area contributed by atoms with Gasteiger partial charge in [-0.05, 0) is 16.7 Å². The Morgan fingerprint density at radius 2 is 0.906 bits per heavy atom. The van der Waals surface area contributed by atoms with Crippen molar-refractivity contribution >= 4 is 0 Å². The minimum atomic E-state index is -0.898. The smallest absolute Gasteiger partial charge is 0.113 e. The molecule has 0 aliphatic heterocycles. The molecule has 2 N–H and O–H groups in total. The van der Waals surface area contributed by atoms with E-state index in [2.05, 4.69) is 0 Å². The number of benzene rings is 3. The number of hydrogen-bond acceptors (Lipinski definition) is 5. The van der Waals surface area contributed by atoms with E-state index in [0.717, 1.165) is 16.7 Å². The van der Waals surface area contributed by atoms with Gasteiger partial charge in [-0.15, -0.1) is 0 Å². The highest BCUT2D eigenvalue weighted by atomic mass is 16.6. The van der Waals surface area contributed by atoms with Crippen LogP contribution in [0.15, 0.2) is 91.0 Å². The third-order valence-corrected chi connectivity index (χ3v) is 5.91. The van der Waals surface area contributed by atoms with E-state index in [0.29, 0.717) is 19.8 Å². The first kappa shape index (κ1) is 22.6. The fourth-order valence-electron chi connectivity index (χ4n) is 4.18. The van der Waals surface area contributed by atoms with Crippen LogP contribution in [-0.4, -0.2) is 41.2 Å². The molecule has 0 unspecified atom stereocenters. The van der Waals surface area contributed by atoms with Crippen LogP contribution in [0.1, 0.15) is 16.7 Å². The molecule has 4 rings (SSSR count). The summed E-state index contributed by atoms with van der Waals surface area (Å²) in [5, 5.41) is 21.1. The maximum atomic E-state index is 11.0. The zero-order valence-corrected chi connectivity index (χ0v) is 18.0. The maximum Gasteiger partial charge on any atom is 0.113 e. The molecular weight excluding hydrogens is 404 g/mol. The molecule has 168 valence electrons. The van der Waals surface area contributed by atoms with Gasteiger partial charge in [-0.3, -0.25) is 0 Å². The molecule has 0 radical (unpaired) electrons. The lowest BCUT2D eigenvalue weighted by Gasteiger charge is -2.27. The summed E-state index contributed by atoms with van der Waals surface area (Å²) < 4.78 is 18.6. The van der Waals surface area contributed by atoms with Gasteiger partial charge in [-0.2, -0.15) is 0 Å². The van der Waals surface area contributed by atoms with E-state index < -0.39 is 30.3 Å². The topological polar surface area (TPSA) is 68.2 Å². The van der Waals surface area contributed by atoms with E-state index in [4.69, 9.17) is 14.2 Å². The zero-order chi connectivity index (χ0) is 22.2. The number of rotatable bonds is 10. The normalized spacial score (nSPS) is 25.1. The molecule has 0 spiro atoms. The maximum absolute atomic E-state index is 11.0. The molecule has 1 fully saturated rings. The molecule has 0 aromatic heterocycles. The average molecular weight is 435 g/mol. The van der Waals surface area contributed by atoms with Crippen molar-refractivity contribution in [1.82, 2.24) is 0 Å². The fraction of sp³-hybridized carbons (Fsp3) is 0.333. The van der Waals surface area contributed by atoms with Crippen molar-refractivity contribution in [1.29, 1.82) is 0 Å². The van der Waals surface area contributed by atoms with E-state index in [1.165, 1.54) is 0 Å². The molecule has 1 aliphatic carbocycles. The standard InChI is InChI=1S/C27H30O5/c28-16-23-24(29)26(31-18-21-12-6-2-7-13-21)27(32-19-22-14-8-3-9-15-22)25(23)30-17-20-10-4-1-5-11-20/h1-15,23-29H,16-19H2/t23-,24+,25+,26-,27-/m0/s1. The molecule has 0 bridgehead atoms. The lowest BCUT2D eigenvalue weighted by Crippen LogP contribution is -2.38. The van der Waals surface area contributed by atoms with Crippen LogP contribution < -0.4 is 0 Å². The van der Waals surface area contributed by atoms with E-state index in [9.17, 15) is 10.2 Å². The van der Waals surface area contributed by atoms with Gasteiger partial charge in [0.15, 0.2) is 0 Å². The van der Waals surface area contributed by atoms with Crippen LogP contribution >= 0.6 is 0 Å². The lowest BCUT2D eigenvalue weighted by molar-refractivity contribution is -0.134. The molecule has 1 aliphatic rings. The summed E-state index contributed by atoms with van der Waals surface area (Å²) in [6, 6.07) is 29.6. The van der Waals surface area contributed by atoms with Crippen LogP contribution in [0.3, 0.4) is 0 Å². The Kier molecular flexibility index (Phi) is 8.04. The van der Waals surface area contributed by atoms with Crippen molar-refractivity contribution in [3.8, 4) is 0 Å². The SMILES string of the molecule is OC[C@H]1[C@@H](O)[C@H](OCc2ccccc2)[C@@H](OCc2ccccc2)[C@@H]1OCc1ccccc1. The summed E-state index contributed by atoms with van der Waals surface area (Å²) in [6.07, 6.45) is -2.53. The highest BCUT2D eigenvalue weighted by molar-refractivity contribution is 5.16. The second kappa shape index (κ2) is 11.4. The first-order chi connectivity index (χ1) is 15.8. The largest absolute Gasteiger partial charge is 0.396 e. The third kappa shape index (κ3) is 5.63. The summed E-state index contributed by atoms with van der Waals surface area (Å²) in [6.45, 7) is 0.867. The summed E-state index contributed by atoms with van der Waals surface area (Å²) in [4.78, 5) is 0. The second-order valence-corrected chi connectivity index (χ2v) is 8.12. The average Bonchev–Trinajstić information content (AvgIpc) is 3.11. The first-order valence-corrected chi connectivity index (χ1v) is 11.0. The van der Waals surface area contributed by atoms with Gasteiger partial charge < -0.3 is 24.4 Å². The molecule has 3 aromatic carbocycles. The van der Waals surface area contributed by atoms with Crippen molar-refractivity contribution in [2.45, 2.75) is 44.2 Å². The van der Waals surface area contributed by atoms with E-state index >= 15 is 0 Å². The molecule has 32 heavy (non-hydrogen) atoms. The Bertz CT molecular complexity index is 919. The van der Waals surface area contributed by atoms with Crippen LogP contribution in [-0.2, 0) is 34.0 Å². The number of aliphatic hydroxyl groups is 2. The van der Waals surface area contributed by atoms with E-state index in [1.54, 1.807) is 0 Å². The predicted molar refractivity (Wildman–Crippen MR) is 122 cm³/mol. The summed E-state index contributed by atoms with van der Waals surface area (Å²) in [5.74, 6) is -0.500. The van der Waals surface area contributed by atoms with Gasteiger partial charge in [0.05, 0.1) is 38.6 Å². The van der Waals surface area contributed by atoms with Gasteiger partial charge in [-0.25, -0.2) is 0 Å². The molecule has 5 nitrogen and oxygen atoms in total. The Morgan fingerprint density at radius 1 is 0.531 bits per heavy atom. The summed E-state index contributed by atoms with van der Waals surface area (Å²) in [5.41, 5.74) is 3.06. The molecule has 5 atom stereocenters. The van der Waals surface area contributed by atoms with E-state index in [1.807, 2.05) is 91.0 Å². The van der Waals surface area contributed by atoms with Gasteiger partial charge in [0.2, 0.25) is 0 Å². The Balaban J connectivity index is 1.51. The van der Waals surface area contributed by atoms with Crippen molar-refractivity contribution in [2.24, 2.45) is 5.92 Å². The Labute approximate surface area is 189 Å². The Hall–Kier alpha value is -2.54. The molecule has 5 heteroatoms. The molecular formula is C27H30O5. The number of hydrogen-bond donors (Lipinski definition) is 2. The minimum absolute atomic E-state index is 0.211. The highest BCUT2D eigenvalue weighted by Gasteiger charge is 2.52. The molecule has 3 aromatic rings.